The van der Waals surface area contributed by atoms with Gasteiger partial charge in [-0.15, -0.1) is 0 Å². The number of aryl methyl sites for hydroxylation is 1. The molecular weight excluding hydrogens is 362 g/mol. The van der Waals surface area contributed by atoms with Gasteiger partial charge in [-0.2, -0.15) is 0 Å². The van der Waals surface area contributed by atoms with Crippen LogP contribution in [0.4, 0.5) is 11.5 Å². The van der Waals surface area contributed by atoms with Crippen LogP contribution in [0.2, 0.25) is 0 Å². The lowest BCUT2D eigenvalue weighted by molar-refractivity contribution is -0.385. The number of nitro benzene ring substituents is 1. The number of rotatable bonds is 4. The lowest BCUT2D eigenvalue weighted by Gasteiger charge is -2.08. The largest absolute Gasteiger partial charge is 0.283 e. The van der Waals surface area contributed by atoms with Crippen LogP contribution in [0.1, 0.15) is 5.56 Å². The summed E-state index contributed by atoms with van der Waals surface area (Å²) in [5, 5.41) is 10.7. The zero-order valence-electron chi connectivity index (χ0n) is 10.8. The third-order valence-electron chi connectivity index (χ3n) is 2.58. The van der Waals surface area contributed by atoms with E-state index in [1.54, 1.807) is 6.07 Å². The number of sulfonamides is 1. The molecule has 0 aliphatic carbocycles. The fourth-order valence-corrected chi connectivity index (χ4v) is 3.24. The summed E-state index contributed by atoms with van der Waals surface area (Å²) >= 11 is 2.99. The van der Waals surface area contributed by atoms with Gasteiger partial charge in [0.2, 0.25) is 0 Å². The van der Waals surface area contributed by atoms with Crippen LogP contribution in [-0.2, 0) is 10.0 Å². The van der Waals surface area contributed by atoms with E-state index in [1.807, 2.05) is 6.92 Å². The molecule has 1 aromatic carbocycles. The zero-order valence-corrected chi connectivity index (χ0v) is 13.2. The lowest BCUT2D eigenvalue weighted by Crippen LogP contribution is -2.14. The highest BCUT2D eigenvalue weighted by Crippen LogP contribution is 2.28. The topological polar surface area (TPSA) is 102 Å². The summed E-state index contributed by atoms with van der Waals surface area (Å²) in [6.45, 7) is 1.83. The number of aromatic nitrogens is 1. The molecule has 21 heavy (non-hydrogen) atoms. The van der Waals surface area contributed by atoms with Gasteiger partial charge in [0.15, 0.2) is 0 Å². The Balaban J connectivity index is 2.33. The van der Waals surface area contributed by atoms with E-state index in [-0.39, 0.29) is 20.9 Å². The first-order chi connectivity index (χ1) is 9.79. The third-order valence-corrected chi connectivity index (χ3v) is 4.56. The van der Waals surface area contributed by atoms with E-state index in [9.17, 15) is 18.5 Å². The van der Waals surface area contributed by atoms with E-state index >= 15 is 0 Å². The third kappa shape index (κ3) is 3.56. The molecule has 0 aliphatic rings. The summed E-state index contributed by atoms with van der Waals surface area (Å²) in [6.07, 6.45) is 1.53. The van der Waals surface area contributed by atoms with Gasteiger partial charge in [0.1, 0.15) is 5.82 Å². The normalized spacial score (nSPS) is 11.1. The average Bonchev–Trinajstić information content (AvgIpc) is 2.40. The van der Waals surface area contributed by atoms with Crippen LogP contribution in [0.5, 0.6) is 0 Å². The van der Waals surface area contributed by atoms with Crippen molar-refractivity contribution in [2.45, 2.75) is 11.8 Å². The lowest BCUT2D eigenvalue weighted by atomic mass is 10.3. The highest BCUT2D eigenvalue weighted by molar-refractivity contribution is 9.10. The Morgan fingerprint density at radius 2 is 2.00 bits per heavy atom. The minimum absolute atomic E-state index is 0.0900. The molecule has 110 valence electrons. The molecule has 1 heterocycles. The maximum absolute atomic E-state index is 12.2. The van der Waals surface area contributed by atoms with E-state index in [0.29, 0.717) is 0 Å². The summed E-state index contributed by atoms with van der Waals surface area (Å²) in [5.41, 5.74) is 0.693. The second-order valence-corrected chi connectivity index (χ2v) is 6.73. The number of nitro groups is 1. The van der Waals surface area contributed by atoms with Gasteiger partial charge in [-0.25, -0.2) is 13.4 Å². The van der Waals surface area contributed by atoms with Gasteiger partial charge in [-0.05, 0) is 46.6 Å². The quantitative estimate of drug-likeness (QED) is 0.657. The second-order valence-electron chi connectivity index (χ2n) is 4.20. The molecule has 2 aromatic rings. The van der Waals surface area contributed by atoms with Gasteiger partial charge in [0.25, 0.3) is 15.7 Å². The molecule has 0 radical (unpaired) electrons. The number of nitrogens with one attached hydrogen (secondary N) is 1. The smallest absolute Gasteiger partial charge is 0.263 e. The molecule has 0 saturated carbocycles. The van der Waals surface area contributed by atoms with Crippen LogP contribution < -0.4 is 4.72 Å². The van der Waals surface area contributed by atoms with Crippen LogP contribution in [-0.4, -0.2) is 18.3 Å². The van der Waals surface area contributed by atoms with E-state index < -0.39 is 14.9 Å². The SMILES string of the molecule is Cc1ccc(NS(=O)(=O)c2ccc([N+](=O)[O-])c(Br)c2)nc1. The Hall–Kier alpha value is -2.00. The average molecular weight is 372 g/mol. The summed E-state index contributed by atoms with van der Waals surface area (Å²) in [7, 11) is -3.86. The van der Waals surface area contributed by atoms with Gasteiger partial charge in [-0.1, -0.05) is 6.07 Å². The summed E-state index contributed by atoms with van der Waals surface area (Å²) < 4.78 is 26.8. The molecule has 9 heteroatoms. The van der Waals surface area contributed by atoms with Crippen LogP contribution in [0.3, 0.4) is 0 Å². The van der Waals surface area contributed by atoms with E-state index in [1.165, 1.54) is 24.4 Å². The van der Waals surface area contributed by atoms with Gasteiger partial charge in [0.05, 0.1) is 14.3 Å². The number of pyridine rings is 1. The van der Waals surface area contributed by atoms with Gasteiger partial charge in [-0.3, -0.25) is 14.8 Å². The number of hydrogen-bond donors (Lipinski definition) is 1. The fourth-order valence-electron chi connectivity index (χ4n) is 1.53. The van der Waals surface area contributed by atoms with Crippen molar-refractivity contribution in [3.8, 4) is 0 Å². The van der Waals surface area contributed by atoms with Crippen molar-refractivity contribution < 1.29 is 13.3 Å². The van der Waals surface area contributed by atoms with Crippen LogP contribution >= 0.6 is 15.9 Å². The molecular formula is C12H10BrN3O4S. The van der Waals surface area contributed by atoms with Crippen molar-refractivity contribution in [1.82, 2.24) is 4.98 Å². The summed E-state index contributed by atoms with van der Waals surface area (Å²) in [5.74, 6) is 0.176. The molecule has 0 saturated heterocycles. The molecule has 0 unspecified atom stereocenters. The Labute approximate surface area is 129 Å². The van der Waals surface area contributed by atoms with Crippen molar-refractivity contribution in [2.24, 2.45) is 0 Å². The summed E-state index contributed by atoms with van der Waals surface area (Å²) in [6, 6.07) is 6.72. The number of nitrogens with zero attached hydrogens (tertiary/aromatic N) is 2. The Morgan fingerprint density at radius 1 is 1.29 bits per heavy atom. The highest BCUT2D eigenvalue weighted by atomic mass is 79.9. The van der Waals surface area contributed by atoms with Crippen LogP contribution in [0.25, 0.3) is 0 Å². The number of anilines is 1. The number of hydrogen-bond acceptors (Lipinski definition) is 5. The molecule has 1 N–H and O–H groups in total. The number of benzene rings is 1. The monoisotopic (exact) mass is 371 g/mol. The van der Waals surface area contributed by atoms with Crippen molar-refractivity contribution in [2.75, 3.05) is 4.72 Å². The van der Waals surface area contributed by atoms with Crippen molar-refractivity contribution >= 4 is 37.5 Å². The van der Waals surface area contributed by atoms with Crippen LogP contribution in [0.15, 0.2) is 45.9 Å². The van der Waals surface area contributed by atoms with Gasteiger partial charge < -0.3 is 0 Å². The van der Waals surface area contributed by atoms with Crippen molar-refractivity contribution in [1.29, 1.82) is 0 Å². The molecule has 1 aromatic heterocycles. The molecule has 0 spiro atoms. The fraction of sp³-hybridized carbons (Fsp3) is 0.0833. The van der Waals surface area contributed by atoms with Crippen molar-refractivity contribution in [3.05, 3.63) is 56.7 Å². The molecule has 0 fully saturated rings. The van der Waals surface area contributed by atoms with Crippen molar-refractivity contribution in [3.63, 3.8) is 0 Å². The summed E-state index contributed by atoms with van der Waals surface area (Å²) in [4.78, 5) is 14.0. The first kappa shape index (κ1) is 15.4. The minimum atomic E-state index is -3.86. The Morgan fingerprint density at radius 3 is 2.52 bits per heavy atom. The first-order valence-electron chi connectivity index (χ1n) is 5.69. The first-order valence-corrected chi connectivity index (χ1v) is 7.96. The predicted octanol–water partition coefficient (Wildman–Crippen LogP) is 2.86. The molecule has 2 rings (SSSR count). The molecule has 7 nitrogen and oxygen atoms in total. The molecule has 0 aliphatic heterocycles. The number of halogens is 1. The molecule has 0 amide bonds. The highest BCUT2D eigenvalue weighted by Gasteiger charge is 2.19. The second kappa shape index (κ2) is 5.78. The molecule has 0 atom stereocenters. The minimum Gasteiger partial charge on any atom is -0.263 e. The van der Waals surface area contributed by atoms with E-state index in [4.69, 9.17) is 0 Å². The molecule has 0 bridgehead atoms. The Bertz CT molecular complexity index is 791. The predicted molar refractivity (Wildman–Crippen MR) is 80.6 cm³/mol. The standard InChI is InChI=1S/C12H10BrN3O4S/c1-8-2-5-12(14-7-8)15-21(19,20)9-3-4-11(16(17)18)10(13)6-9/h2-7H,1H3,(H,14,15). The van der Waals surface area contributed by atoms with Gasteiger partial charge in [0, 0.05) is 12.3 Å². The van der Waals surface area contributed by atoms with Gasteiger partial charge >= 0.3 is 0 Å². The maximum Gasteiger partial charge on any atom is 0.283 e. The maximum atomic E-state index is 12.2. The van der Waals surface area contributed by atoms with Crippen LogP contribution in [0, 0.1) is 17.0 Å². The van der Waals surface area contributed by atoms with E-state index in [2.05, 4.69) is 25.6 Å². The zero-order chi connectivity index (χ0) is 15.6. The van der Waals surface area contributed by atoms with E-state index in [0.717, 1.165) is 11.6 Å². The Kier molecular flexibility index (Phi) is 4.24.